The standard InChI is InChI=1S/C10H13N3O2/c1-2-9(14)8-3-4-13(5-8)6-10-11-7-15-12-10/h3-5,7,9,14H,2,6H2,1H3. The van der Waals surface area contributed by atoms with E-state index >= 15 is 0 Å². The predicted molar refractivity (Wildman–Crippen MR) is 53.1 cm³/mol. The van der Waals surface area contributed by atoms with Crippen molar-refractivity contribution in [2.24, 2.45) is 0 Å². The lowest BCUT2D eigenvalue weighted by molar-refractivity contribution is 0.173. The SMILES string of the molecule is CCC(O)c1ccn(Cc2ncon2)c1. The molecule has 80 valence electrons. The molecule has 0 bridgehead atoms. The maximum Gasteiger partial charge on any atom is 0.213 e. The highest BCUT2D eigenvalue weighted by atomic mass is 16.5. The smallest absolute Gasteiger partial charge is 0.213 e. The van der Waals surface area contributed by atoms with Crippen LogP contribution in [0.2, 0.25) is 0 Å². The minimum absolute atomic E-state index is 0.392. The zero-order valence-electron chi connectivity index (χ0n) is 8.50. The molecule has 2 aromatic heterocycles. The molecule has 0 saturated carbocycles. The summed E-state index contributed by atoms with van der Waals surface area (Å²) in [6, 6.07) is 1.90. The molecule has 0 aliphatic heterocycles. The number of aliphatic hydroxyl groups is 1. The van der Waals surface area contributed by atoms with Crippen LogP contribution in [0.25, 0.3) is 0 Å². The minimum Gasteiger partial charge on any atom is -0.388 e. The van der Waals surface area contributed by atoms with E-state index in [2.05, 4.69) is 14.7 Å². The number of rotatable bonds is 4. The lowest BCUT2D eigenvalue weighted by Gasteiger charge is -2.03. The molecule has 2 aromatic rings. The third kappa shape index (κ3) is 2.24. The van der Waals surface area contributed by atoms with Gasteiger partial charge in [-0.05, 0) is 18.1 Å². The molecule has 1 unspecified atom stereocenters. The van der Waals surface area contributed by atoms with Gasteiger partial charge in [0.2, 0.25) is 6.39 Å². The number of aliphatic hydroxyl groups excluding tert-OH is 1. The first-order valence-corrected chi connectivity index (χ1v) is 4.88. The number of nitrogens with zero attached hydrogens (tertiary/aromatic N) is 3. The Labute approximate surface area is 87.3 Å². The zero-order valence-corrected chi connectivity index (χ0v) is 8.50. The summed E-state index contributed by atoms with van der Waals surface area (Å²) in [6.07, 6.45) is 5.42. The topological polar surface area (TPSA) is 64.1 Å². The third-order valence-electron chi connectivity index (χ3n) is 2.28. The van der Waals surface area contributed by atoms with Crippen molar-refractivity contribution in [3.05, 3.63) is 36.2 Å². The Hall–Kier alpha value is -1.62. The zero-order chi connectivity index (χ0) is 10.7. The second kappa shape index (κ2) is 4.27. The Morgan fingerprint density at radius 1 is 1.60 bits per heavy atom. The molecule has 0 aliphatic carbocycles. The van der Waals surface area contributed by atoms with Gasteiger partial charge in [-0.3, -0.25) is 0 Å². The Morgan fingerprint density at radius 2 is 2.47 bits per heavy atom. The van der Waals surface area contributed by atoms with E-state index in [1.165, 1.54) is 6.39 Å². The summed E-state index contributed by atoms with van der Waals surface area (Å²) in [6.45, 7) is 2.51. The van der Waals surface area contributed by atoms with Gasteiger partial charge in [-0.1, -0.05) is 12.1 Å². The normalized spacial score (nSPS) is 12.9. The summed E-state index contributed by atoms with van der Waals surface area (Å²) >= 11 is 0. The van der Waals surface area contributed by atoms with Crippen LogP contribution in [0.15, 0.2) is 29.4 Å². The second-order valence-electron chi connectivity index (χ2n) is 3.39. The third-order valence-corrected chi connectivity index (χ3v) is 2.28. The van der Waals surface area contributed by atoms with Crippen LogP contribution in [0.1, 0.15) is 30.8 Å². The molecule has 0 saturated heterocycles. The van der Waals surface area contributed by atoms with Crippen molar-refractivity contribution in [2.45, 2.75) is 26.0 Å². The van der Waals surface area contributed by atoms with E-state index in [1.54, 1.807) is 0 Å². The molecule has 2 rings (SSSR count). The van der Waals surface area contributed by atoms with Gasteiger partial charge >= 0.3 is 0 Å². The van der Waals surface area contributed by atoms with Gasteiger partial charge in [0, 0.05) is 12.4 Å². The molecule has 0 radical (unpaired) electrons. The van der Waals surface area contributed by atoms with Gasteiger partial charge < -0.3 is 14.2 Å². The first kappa shape index (κ1) is 9.92. The van der Waals surface area contributed by atoms with Gasteiger partial charge in [-0.2, -0.15) is 4.98 Å². The fourth-order valence-corrected chi connectivity index (χ4v) is 1.42. The average Bonchev–Trinajstić information content (AvgIpc) is 2.88. The average molecular weight is 207 g/mol. The molecule has 0 fully saturated rings. The maximum absolute atomic E-state index is 9.61. The summed E-state index contributed by atoms with van der Waals surface area (Å²) in [7, 11) is 0. The van der Waals surface area contributed by atoms with E-state index in [0.29, 0.717) is 18.8 Å². The molecule has 1 atom stereocenters. The lowest BCUT2D eigenvalue weighted by Crippen LogP contribution is -1.99. The van der Waals surface area contributed by atoms with Crippen molar-refractivity contribution < 1.29 is 9.63 Å². The first-order chi connectivity index (χ1) is 7.29. The van der Waals surface area contributed by atoms with Crippen LogP contribution >= 0.6 is 0 Å². The molecule has 0 spiro atoms. The molecule has 2 heterocycles. The van der Waals surface area contributed by atoms with Crippen LogP contribution in [0.4, 0.5) is 0 Å². The highest BCUT2D eigenvalue weighted by molar-refractivity contribution is 5.13. The highest BCUT2D eigenvalue weighted by Crippen LogP contribution is 2.16. The van der Waals surface area contributed by atoms with Crippen molar-refractivity contribution in [1.29, 1.82) is 0 Å². The minimum atomic E-state index is -0.392. The van der Waals surface area contributed by atoms with E-state index in [4.69, 9.17) is 0 Å². The van der Waals surface area contributed by atoms with Gasteiger partial charge in [0.05, 0.1) is 12.6 Å². The van der Waals surface area contributed by atoms with Crippen molar-refractivity contribution in [3.8, 4) is 0 Å². The molecular weight excluding hydrogens is 194 g/mol. The molecule has 1 N–H and O–H groups in total. The fourth-order valence-electron chi connectivity index (χ4n) is 1.42. The van der Waals surface area contributed by atoms with Gasteiger partial charge in [0.25, 0.3) is 0 Å². The van der Waals surface area contributed by atoms with Gasteiger partial charge in [-0.25, -0.2) is 0 Å². The number of hydrogen-bond donors (Lipinski definition) is 1. The summed E-state index contributed by atoms with van der Waals surface area (Å²) in [5, 5.41) is 13.3. The summed E-state index contributed by atoms with van der Waals surface area (Å²) in [5.74, 6) is 0.628. The Morgan fingerprint density at radius 3 is 3.13 bits per heavy atom. The van der Waals surface area contributed by atoms with Crippen molar-refractivity contribution in [3.63, 3.8) is 0 Å². The lowest BCUT2D eigenvalue weighted by atomic mass is 10.1. The second-order valence-corrected chi connectivity index (χ2v) is 3.39. The summed E-state index contributed by atoms with van der Waals surface area (Å²) in [4.78, 5) is 3.92. The van der Waals surface area contributed by atoms with Crippen LogP contribution < -0.4 is 0 Å². The summed E-state index contributed by atoms with van der Waals surface area (Å²) in [5.41, 5.74) is 0.918. The number of aromatic nitrogens is 3. The van der Waals surface area contributed by atoms with E-state index in [0.717, 1.165) is 5.56 Å². The monoisotopic (exact) mass is 207 g/mol. The predicted octanol–water partition coefficient (Wildman–Crippen LogP) is 1.36. The maximum atomic E-state index is 9.61. The molecule has 0 aliphatic rings. The molecule has 0 amide bonds. The van der Waals surface area contributed by atoms with Gasteiger partial charge in [0.1, 0.15) is 0 Å². The van der Waals surface area contributed by atoms with Crippen molar-refractivity contribution in [1.82, 2.24) is 14.7 Å². The molecule has 0 aromatic carbocycles. The van der Waals surface area contributed by atoms with Crippen LogP contribution in [-0.2, 0) is 6.54 Å². The van der Waals surface area contributed by atoms with Crippen LogP contribution in [-0.4, -0.2) is 19.8 Å². The number of hydrogen-bond acceptors (Lipinski definition) is 4. The van der Waals surface area contributed by atoms with Crippen LogP contribution in [0.3, 0.4) is 0 Å². The molecule has 5 heteroatoms. The molecule has 5 nitrogen and oxygen atoms in total. The van der Waals surface area contributed by atoms with E-state index in [1.807, 2.05) is 30.0 Å². The Balaban J connectivity index is 2.07. The quantitative estimate of drug-likeness (QED) is 0.822. The van der Waals surface area contributed by atoms with Crippen LogP contribution in [0.5, 0.6) is 0 Å². The first-order valence-electron chi connectivity index (χ1n) is 4.88. The van der Waals surface area contributed by atoms with E-state index in [9.17, 15) is 5.11 Å². The molecule has 15 heavy (non-hydrogen) atoms. The Kier molecular flexibility index (Phi) is 2.82. The molecular formula is C10H13N3O2. The van der Waals surface area contributed by atoms with Gasteiger partial charge in [-0.15, -0.1) is 0 Å². The van der Waals surface area contributed by atoms with E-state index in [-0.39, 0.29) is 0 Å². The fraction of sp³-hybridized carbons (Fsp3) is 0.400. The van der Waals surface area contributed by atoms with Crippen LogP contribution in [0, 0.1) is 0 Å². The van der Waals surface area contributed by atoms with E-state index < -0.39 is 6.10 Å². The highest BCUT2D eigenvalue weighted by Gasteiger charge is 2.07. The summed E-state index contributed by atoms with van der Waals surface area (Å²) < 4.78 is 6.55. The van der Waals surface area contributed by atoms with Crippen molar-refractivity contribution >= 4 is 0 Å². The van der Waals surface area contributed by atoms with Crippen molar-refractivity contribution in [2.75, 3.05) is 0 Å². The van der Waals surface area contributed by atoms with Gasteiger partial charge in [0.15, 0.2) is 5.82 Å². The Bertz CT molecular complexity index is 408. The largest absolute Gasteiger partial charge is 0.388 e.